The standard InChI is InChI=1S/C22H22N4OS.C16H23N3O2S.C11H15N3S.C10H16N4O2.C10H18N2O2.C10H17NO3/c1-28-20-14-24-21(25-15-20)12-17-6-5-16(10-17)11-18-7-8-19(13-23-18)26-9-3-2-4-22(26)27;1-16(2,3)21-15(20)19-12-6-5-11(7-12)8-14-17-9-13(22-4)10-18-14;1-15-10-6-13-11(14-7-10)5-8-2-3-9(12)4-8;1-10(2,3)16-9(15)12-7-4-5-8(6-7)13-14-11;1-10(2,3)14-9(13)12-8-5-4-7(11)6-8;1-10(2,3)14-9(13)11-7-4-5-8(12)6-7/h2-9,13-17H,10-12H2,1H3;5-6,9-12H,7-8H2,1-4H3,(H,19,20);2-3,6-9H,4-5,12H2,1H3;4-5,7-8H,6H2,1-3H3,(H,12,15);4-5,7-8H,6,11H2,1-3H3,(H,12,13);4-5,7-8,12H,6H2,1-3H3,(H,11,13)/t16-,17-;11-,12-;8-,9-;2*7-,8-;7-,8+/m000000/s1. The Hall–Kier alpha value is -8.90. The molecular weight excluding hydrogens is 1440 g/mol. The van der Waals surface area contributed by atoms with Crippen molar-refractivity contribution in [1.82, 2.24) is 60.7 Å². The van der Waals surface area contributed by atoms with Crippen LogP contribution in [0.4, 0.5) is 19.2 Å². The van der Waals surface area contributed by atoms with E-state index in [9.17, 15) is 24.0 Å². The van der Waals surface area contributed by atoms with E-state index in [0.717, 1.165) is 94.9 Å². The fourth-order valence-corrected chi connectivity index (χ4v) is 12.5. The number of alkyl carbamates (subject to hydrolysis) is 4. The third kappa shape index (κ3) is 36.0. The Bertz CT molecular complexity index is 3930. The second-order valence-corrected chi connectivity index (χ2v) is 33.4. The summed E-state index contributed by atoms with van der Waals surface area (Å²) in [4.78, 5) is 94.6. The Morgan fingerprint density at radius 3 is 1.24 bits per heavy atom. The molecule has 0 saturated carbocycles. The monoisotopic (exact) mass is 1550 g/mol. The Morgan fingerprint density at radius 1 is 0.477 bits per heavy atom. The highest BCUT2D eigenvalue weighted by Crippen LogP contribution is 2.30. The Labute approximate surface area is 654 Å². The first kappa shape index (κ1) is 89.0. The van der Waals surface area contributed by atoms with Gasteiger partial charge in [-0.25, -0.2) is 49.1 Å². The Kier molecular flexibility index (Phi) is 35.5. The van der Waals surface area contributed by atoms with Gasteiger partial charge in [-0.05, 0) is 188 Å². The maximum absolute atomic E-state index is 11.9. The number of allylic oxidation sites excluding steroid dienone is 4. The van der Waals surface area contributed by atoms with E-state index in [0.29, 0.717) is 36.5 Å². The lowest BCUT2D eigenvalue weighted by molar-refractivity contribution is 0.0497. The summed E-state index contributed by atoms with van der Waals surface area (Å²) in [6.45, 7) is 21.9. The minimum atomic E-state index is -0.503. The zero-order valence-electron chi connectivity index (χ0n) is 65.4. The van der Waals surface area contributed by atoms with Crippen LogP contribution in [0, 0.1) is 23.7 Å². The summed E-state index contributed by atoms with van der Waals surface area (Å²) in [6.07, 6.45) is 50.8. The molecule has 0 fully saturated rings. The lowest BCUT2D eigenvalue weighted by Gasteiger charge is -2.21. The van der Waals surface area contributed by atoms with Gasteiger partial charge in [0, 0.05) is 113 Å². The normalized spacial score (nSPS) is 22.6. The van der Waals surface area contributed by atoms with E-state index in [-0.39, 0.29) is 60.0 Å². The van der Waals surface area contributed by atoms with Crippen LogP contribution in [-0.4, -0.2) is 159 Å². The number of carbonyl (C=O) groups is 4. The van der Waals surface area contributed by atoms with Crippen LogP contribution in [0.5, 0.6) is 0 Å². The zero-order chi connectivity index (χ0) is 79.9. The van der Waals surface area contributed by atoms with E-state index in [2.05, 4.69) is 96.6 Å². The minimum Gasteiger partial charge on any atom is -0.444 e. The van der Waals surface area contributed by atoms with Crippen molar-refractivity contribution in [3.63, 3.8) is 0 Å². The number of amides is 4. The van der Waals surface area contributed by atoms with Crippen molar-refractivity contribution >= 4 is 59.7 Å². The van der Waals surface area contributed by atoms with Gasteiger partial charge in [0.2, 0.25) is 0 Å². The third-order valence-corrected chi connectivity index (χ3v) is 18.4. The van der Waals surface area contributed by atoms with E-state index < -0.39 is 40.7 Å². The molecular formula is C79H111N17O10S3. The van der Waals surface area contributed by atoms with E-state index in [1.807, 2.05) is 161 Å². The molecule has 27 nitrogen and oxygen atoms in total. The van der Waals surface area contributed by atoms with Crippen LogP contribution >= 0.6 is 35.3 Å². The number of aromatic nitrogens is 8. The van der Waals surface area contributed by atoms with Gasteiger partial charge in [0.05, 0.1) is 48.2 Å². The lowest BCUT2D eigenvalue weighted by Crippen LogP contribution is -2.38. The molecule has 12 atom stereocenters. The topological polar surface area (TPSA) is 387 Å². The average Bonchev–Trinajstić information content (AvgIpc) is 1.69. The summed E-state index contributed by atoms with van der Waals surface area (Å²) in [7, 11) is 0. The van der Waals surface area contributed by atoms with Gasteiger partial charge in [-0.1, -0.05) is 84.1 Å². The number of rotatable bonds is 17. The summed E-state index contributed by atoms with van der Waals surface area (Å²) >= 11 is 4.95. The van der Waals surface area contributed by atoms with E-state index in [4.69, 9.17) is 41.1 Å². The molecule has 590 valence electrons. The molecule has 0 saturated heterocycles. The van der Waals surface area contributed by atoms with Gasteiger partial charge >= 0.3 is 24.4 Å². The number of carbonyl (C=O) groups excluding carboxylic acids is 4. The molecule has 0 aliphatic heterocycles. The SMILES string of the molecule is CC(C)(C)OC(=O)N[C@H]1C=C[C@@H](O)C1.CC(C)(C)OC(=O)N[C@H]1C=C[C@H](N)C1.CC(C)(C)OC(=O)N[C@H]1C=C[C@H](N=[N+]=[N-])C1.CSc1cnc(C[C@H]2C=C[C@H](Cc3ccc(-n4ccccc4=O)cn3)C2)nc1.CSc1cnc(C[C@H]2C=C[C@H](N)C2)nc1.CSc1cnc(C[C@H]2C=C[C@H](NC(=O)OC(C)(C)C)C2)nc1. The van der Waals surface area contributed by atoms with Crippen LogP contribution in [0.3, 0.4) is 0 Å². The first-order valence-electron chi connectivity index (χ1n) is 36.5. The number of aliphatic hydroxyl groups is 1. The fourth-order valence-electron chi connectivity index (χ4n) is 11.5. The highest BCUT2D eigenvalue weighted by molar-refractivity contribution is 7.99. The van der Waals surface area contributed by atoms with Crippen LogP contribution in [-0.2, 0) is 44.6 Å². The first-order chi connectivity index (χ1) is 51.5. The lowest BCUT2D eigenvalue weighted by atomic mass is 9.96. The maximum atomic E-state index is 11.9. The van der Waals surface area contributed by atoms with Gasteiger partial charge in [0.25, 0.3) is 5.56 Å². The summed E-state index contributed by atoms with van der Waals surface area (Å²) < 4.78 is 22.2. The molecule has 5 heterocycles. The number of azide groups is 1. The van der Waals surface area contributed by atoms with Crippen LogP contribution in [0.2, 0.25) is 0 Å². The number of thioether (sulfide) groups is 3. The number of nitrogens with zero attached hydrogens (tertiary/aromatic N) is 11. The van der Waals surface area contributed by atoms with Crippen molar-refractivity contribution in [2.24, 2.45) is 40.3 Å². The second-order valence-electron chi connectivity index (χ2n) is 30.8. The summed E-state index contributed by atoms with van der Waals surface area (Å²) in [5, 5.41) is 23.7. The largest absolute Gasteiger partial charge is 0.444 e. The van der Waals surface area contributed by atoms with E-state index in [1.165, 1.54) is 0 Å². The molecule has 5 aromatic rings. The quantitative estimate of drug-likeness (QED) is 0.0113. The van der Waals surface area contributed by atoms with Crippen molar-refractivity contribution in [3.05, 3.63) is 197 Å². The molecule has 0 spiro atoms. The molecule has 0 radical (unpaired) electrons. The predicted octanol–water partition coefficient (Wildman–Crippen LogP) is 13.5. The molecule has 30 heteroatoms. The van der Waals surface area contributed by atoms with Gasteiger partial charge in [-0.15, -0.1) is 35.3 Å². The molecule has 0 bridgehead atoms. The highest BCUT2D eigenvalue weighted by Gasteiger charge is 2.28. The molecule has 0 aromatic carbocycles. The van der Waals surface area contributed by atoms with Gasteiger partial charge in [0.15, 0.2) is 0 Å². The Balaban J connectivity index is 0.000000209. The predicted molar refractivity (Wildman–Crippen MR) is 430 cm³/mol. The molecule has 109 heavy (non-hydrogen) atoms. The number of pyridine rings is 2. The van der Waals surface area contributed by atoms with Gasteiger partial charge < -0.3 is 56.8 Å². The van der Waals surface area contributed by atoms with Crippen molar-refractivity contribution in [2.75, 3.05) is 18.8 Å². The van der Waals surface area contributed by atoms with E-state index >= 15 is 0 Å². The van der Waals surface area contributed by atoms with Crippen molar-refractivity contribution < 1.29 is 43.2 Å². The van der Waals surface area contributed by atoms with Gasteiger partial charge in [-0.2, -0.15) is 0 Å². The molecule has 5 aromatic heterocycles. The molecule has 4 amide bonds. The average molecular weight is 1560 g/mol. The molecule has 9 N–H and O–H groups in total. The second kappa shape index (κ2) is 43.5. The number of nitrogens with two attached hydrogens (primary N) is 2. The van der Waals surface area contributed by atoms with Crippen molar-refractivity contribution in [3.8, 4) is 5.69 Å². The first-order valence-corrected chi connectivity index (χ1v) is 40.1. The summed E-state index contributed by atoms with van der Waals surface area (Å²) in [6, 6.07) is 9.01. The number of aliphatic hydroxyl groups excluding tert-OH is 1. The summed E-state index contributed by atoms with van der Waals surface area (Å²) in [5.41, 5.74) is 19.6. The van der Waals surface area contributed by atoms with Crippen LogP contribution in [0.25, 0.3) is 16.1 Å². The molecule has 6 aliphatic carbocycles. The van der Waals surface area contributed by atoms with Crippen molar-refractivity contribution in [1.29, 1.82) is 0 Å². The Morgan fingerprint density at radius 2 is 0.853 bits per heavy atom. The number of ether oxygens (including phenoxy) is 4. The van der Waals surface area contributed by atoms with Gasteiger partial charge in [-0.3, -0.25) is 14.3 Å². The number of hydrogen-bond donors (Lipinski definition) is 7. The highest BCUT2D eigenvalue weighted by atomic mass is 32.2. The minimum absolute atomic E-state index is 0.0137. The van der Waals surface area contributed by atoms with Crippen LogP contribution < -0.4 is 38.3 Å². The molecule has 11 rings (SSSR count). The molecule has 0 unspecified atom stereocenters. The van der Waals surface area contributed by atoms with Crippen LogP contribution in [0.15, 0.2) is 177 Å². The number of hydrogen-bond acceptors (Lipinski definition) is 23. The zero-order valence-corrected chi connectivity index (χ0v) is 67.8. The third-order valence-electron chi connectivity index (χ3n) is 16.4. The molecule has 6 aliphatic rings. The van der Waals surface area contributed by atoms with E-state index in [1.54, 1.807) is 103 Å². The smallest absolute Gasteiger partial charge is 0.408 e. The number of nitrogens with one attached hydrogen (secondary N) is 4. The van der Waals surface area contributed by atoms with Crippen LogP contribution in [0.1, 0.15) is 145 Å². The van der Waals surface area contributed by atoms with Crippen molar-refractivity contribution in [2.45, 2.75) is 233 Å². The fraction of sp³-hybridized carbons (Fsp3) is 0.519. The van der Waals surface area contributed by atoms with Gasteiger partial charge in [0.1, 0.15) is 39.9 Å². The maximum Gasteiger partial charge on any atom is 0.408 e. The summed E-state index contributed by atoms with van der Waals surface area (Å²) in [5.74, 6) is 4.48.